The van der Waals surface area contributed by atoms with E-state index < -0.39 is 60.5 Å². The van der Waals surface area contributed by atoms with Crippen LogP contribution in [0.3, 0.4) is 0 Å². The van der Waals surface area contributed by atoms with Crippen LogP contribution in [0.25, 0.3) is 0 Å². The smallest absolute Gasteiger partial charge is 0.330 e. The largest absolute Gasteiger partial charge is 0.493 e. The molecule has 3 heterocycles. The molecule has 12 nitrogen and oxygen atoms in total. The van der Waals surface area contributed by atoms with Gasteiger partial charge in [-0.3, -0.25) is 4.79 Å². The first kappa shape index (κ1) is 45.1. The molecular formula is C42H61BrO12. The van der Waals surface area contributed by atoms with Gasteiger partial charge < -0.3 is 48.5 Å². The molecule has 8 atom stereocenters. The highest BCUT2D eigenvalue weighted by atomic mass is 79.9. The second-order valence-electron chi connectivity index (χ2n) is 15.3. The summed E-state index contributed by atoms with van der Waals surface area (Å²) in [4.78, 5) is 26.1. The molecule has 308 valence electrons. The number of benzene rings is 1. The molecule has 0 spiro atoms. The lowest BCUT2D eigenvalue weighted by Crippen LogP contribution is -2.62. The van der Waals surface area contributed by atoms with E-state index in [1.807, 2.05) is 24.3 Å². The topological polar surface area (TPSA) is 159 Å². The van der Waals surface area contributed by atoms with Crippen LogP contribution in [0.4, 0.5) is 0 Å². The van der Waals surface area contributed by atoms with E-state index in [0.29, 0.717) is 37.9 Å². The summed E-state index contributed by atoms with van der Waals surface area (Å²) >= 11 is 3.50. The monoisotopic (exact) mass is 836 g/mol. The summed E-state index contributed by atoms with van der Waals surface area (Å²) in [6.07, 6.45) is 5.90. The lowest BCUT2D eigenvalue weighted by Gasteiger charge is -2.51. The maximum atomic E-state index is 13.4. The number of carbonyl (C=O) groups is 2. The number of rotatable bonds is 10. The van der Waals surface area contributed by atoms with Crippen LogP contribution in [0.15, 0.2) is 64.9 Å². The fourth-order valence-electron chi connectivity index (χ4n) is 7.15. The number of carbonyl (C=O) groups excluding carboxylic acids is 2. The van der Waals surface area contributed by atoms with Crippen molar-refractivity contribution in [3.05, 3.63) is 70.4 Å². The molecule has 0 aliphatic carbocycles. The number of unbranched alkanes of at least 4 members (excludes halogenated alkanes) is 4. The number of ether oxygens (including phenoxy) is 7. The Bertz CT molecular complexity index is 1440. The standard InChI is InChI=1S/C42H61BrO12/c1-6-7-8-9-10-11-37(46)54-40-30(24-38(47)49-5)23-34-25-35(27-44)52-28(2)22-32(45)17-20-50-36(29-12-14-31(43)15-13-29)26-33-18-21-51-39(53-33)16-19-41(3,4)42(40,48)55-34/h12-16,19,24,32-36,39-40,44-45,48H,2,6-11,17-18,20-23,25-27H2,1,3-5H3/b19-16+,30-24+/t32-,33+,34+,35-,36+,39+,40+,42-/m1/s1. The van der Waals surface area contributed by atoms with Crippen LogP contribution in [-0.2, 0) is 42.7 Å². The minimum Gasteiger partial charge on any atom is -0.493 e. The number of hydrogen-bond acceptors (Lipinski definition) is 12. The normalized spacial score (nSPS) is 32.2. The highest BCUT2D eigenvalue weighted by Crippen LogP contribution is 2.47. The minimum absolute atomic E-state index is 0.0635. The zero-order valence-corrected chi connectivity index (χ0v) is 34.4. The molecule has 3 aliphatic rings. The molecule has 1 aromatic carbocycles. The number of aliphatic hydroxyl groups is 3. The Kier molecular flexibility index (Phi) is 17.9. The van der Waals surface area contributed by atoms with Crippen molar-refractivity contribution in [2.45, 2.75) is 147 Å². The van der Waals surface area contributed by atoms with Gasteiger partial charge in [-0.15, -0.1) is 0 Å². The lowest BCUT2D eigenvalue weighted by atomic mass is 9.74. The Labute approximate surface area is 334 Å². The van der Waals surface area contributed by atoms with E-state index in [1.54, 1.807) is 26.0 Å². The van der Waals surface area contributed by atoms with Gasteiger partial charge in [0.2, 0.25) is 5.79 Å². The summed E-state index contributed by atoms with van der Waals surface area (Å²) in [5, 5.41) is 34.0. The summed E-state index contributed by atoms with van der Waals surface area (Å²) < 4.78 is 43.2. The first-order valence-corrected chi connectivity index (χ1v) is 20.4. The molecule has 0 amide bonds. The van der Waals surface area contributed by atoms with Gasteiger partial charge in [-0.25, -0.2) is 4.79 Å². The van der Waals surface area contributed by atoms with Gasteiger partial charge in [0.25, 0.3) is 0 Å². The molecule has 2 fully saturated rings. The van der Waals surface area contributed by atoms with E-state index >= 15 is 0 Å². The first-order valence-electron chi connectivity index (χ1n) is 19.6. The van der Waals surface area contributed by atoms with Crippen molar-refractivity contribution >= 4 is 27.9 Å². The van der Waals surface area contributed by atoms with Crippen molar-refractivity contribution < 1.29 is 58.1 Å². The summed E-state index contributed by atoms with van der Waals surface area (Å²) in [6.45, 7) is 9.86. The van der Waals surface area contributed by atoms with Gasteiger partial charge in [0.05, 0.1) is 50.5 Å². The zero-order valence-electron chi connectivity index (χ0n) is 32.8. The fraction of sp³-hybridized carbons (Fsp3) is 0.667. The molecule has 0 unspecified atom stereocenters. The number of methoxy groups -OCH3 is 1. The van der Waals surface area contributed by atoms with E-state index in [4.69, 9.17) is 33.2 Å². The fourth-order valence-corrected chi connectivity index (χ4v) is 7.42. The molecule has 3 aliphatic heterocycles. The van der Waals surface area contributed by atoms with Gasteiger partial charge in [0, 0.05) is 48.3 Å². The van der Waals surface area contributed by atoms with Gasteiger partial charge >= 0.3 is 11.9 Å². The molecule has 4 bridgehead atoms. The third kappa shape index (κ3) is 13.5. The zero-order chi connectivity index (χ0) is 40.0. The maximum Gasteiger partial charge on any atom is 0.330 e. The second-order valence-corrected chi connectivity index (χ2v) is 16.2. The third-order valence-electron chi connectivity index (χ3n) is 10.4. The van der Waals surface area contributed by atoms with E-state index in [0.717, 1.165) is 35.7 Å². The molecule has 1 aromatic rings. The van der Waals surface area contributed by atoms with E-state index in [9.17, 15) is 24.9 Å². The van der Waals surface area contributed by atoms with Crippen molar-refractivity contribution in [3.8, 4) is 0 Å². The number of hydrogen-bond donors (Lipinski definition) is 3. The van der Waals surface area contributed by atoms with Crippen LogP contribution in [0.5, 0.6) is 0 Å². The number of halogens is 1. The van der Waals surface area contributed by atoms with E-state index in [1.165, 1.54) is 13.2 Å². The minimum atomic E-state index is -2.22. The van der Waals surface area contributed by atoms with Gasteiger partial charge in [-0.1, -0.05) is 87.2 Å². The Hall–Kier alpha value is -2.62. The van der Waals surface area contributed by atoms with Crippen molar-refractivity contribution in [1.82, 2.24) is 0 Å². The number of esters is 2. The van der Waals surface area contributed by atoms with Crippen molar-refractivity contribution in [2.75, 3.05) is 26.9 Å². The highest BCUT2D eigenvalue weighted by Gasteiger charge is 2.57. The second kappa shape index (κ2) is 21.8. The number of aliphatic hydroxyl groups excluding tert-OH is 2. The van der Waals surface area contributed by atoms with Crippen LogP contribution < -0.4 is 0 Å². The Morgan fingerprint density at radius 2 is 1.75 bits per heavy atom. The van der Waals surface area contributed by atoms with Crippen LogP contribution in [-0.4, -0.2) is 96.8 Å². The molecule has 4 rings (SSSR count). The van der Waals surface area contributed by atoms with Gasteiger partial charge in [-0.2, -0.15) is 0 Å². The molecule has 0 saturated carbocycles. The summed E-state index contributed by atoms with van der Waals surface area (Å²) in [5.74, 6) is -3.18. The van der Waals surface area contributed by atoms with E-state index in [2.05, 4.69) is 29.4 Å². The van der Waals surface area contributed by atoms with Gasteiger partial charge in [0.15, 0.2) is 12.4 Å². The van der Waals surface area contributed by atoms with Crippen LogP contribution in [0.1, 0.15) is 109 Å². The average Bonchev–Trinajstić information content (AvgIpc) is 3.14. The first-order chi connectivity index (χ1) is 26.3. The van der Waals surface area contributed by atoms with Crippen molar-refractivity contribution in [3.63, 3.8) is 0 Å². The van der Waals surface area contributed by atoms with Crippen molar-refractivity contribution in [2.24, 2.45) is 5.41 Å². The highest BCUT2D eigenvalue weighted by molar-refractivity contribution is 9.10. The molecule has 0 radical (unpaired) electrons. The predicted molar refractivity (Wildman–Crippen MR) is 208 cm³/mol. The van der Waals surface area contributed by atoms with Gasteiger partial charge in [0.1, 0.15) is 6.10 Å². The Morgan fingerprint density at radius 3 is 2.45 bits per heavy atom. The van der Waals surface area contributed by atoms with Crippen LogP contribution >= 0.6 is 15.9 Å². The Balaban J connectivity index is 1.70. The molecule has 2 saturated heterocycles. The molecule has 13 heteroatoms. The Morgan fingerprint density at radius 1 is 1.02 bits per heavy atom. The van der Waals surface area contributed by atoms with Crippen LogP contribution in [0.2, 0.25) is 0 Å². The van der Waals surface area contributed by atoms with Crippen molar-refractivity contribution in [1.29, 1.82) is 0 Å². The number of fused-ring (bicyclic) bond motifs is 4. The molecule has 3 N–H and O–H groups in total. The SMILES string of the molecule is C=C1C[C@H](O)CCO[C@H](c2ccc(Br)cc2)C[C@@H]2CCO[C@H](/C=C/C(C)(C)[C@]3(O)O[C@@H](C/C(=C\C(=O)OC)[C@@H]3OC(=O)CCCCCCC)C[C@H](CO)O1)O2. The maximum absolute atomic E-state index is 13.4. The third-order valence-corrected chi connectivity index (χ3v) is 10.9. The summed E-state index contributed by atoms with van der Waals surface area (Å²) in [7, 11) is 1.24. The molecule has 55 heavy (non-hydrogen) atoms. The van der Waals surface area contributed by atoms with Crippen LogP contribution in [0, 0.1) is 5.41 Å². The molecular weight excluding hydrogens is 776 g/mol. The molecule has 0 aromatic heterocycles. The average molecular weight is 838 g/mol. The summed E-state index contributed by atoms with van der Waals surface area (Å²) in [6, 6.07) is 7.89. The van der Waals surface area contributed by atoms with Gasteiger partial charge in [-0.05, 0) is 55.0 Å². The lowest BCUT2D eigenvalue weighted by molar-refractivity contribution is -0.327. The quantitative estimate of drug-likeness (QED) is 0.0971. The predicted octanol–water partition coefficient (Wildman–Crippen LogP) is 6.90. The van der Waals surface area contributed by atoms with E-state index in [-0.39, 0.29) is 50.3 Å². The summed E-state index contributed by atoms with van der Waals surface area (Å²) in [5.41, 5.74) is -0.0197.